The first-order chi connectivity index (χ1) is 9.35. The van der Waals surface area contributed by atoms with E-state index in [0.717, 1.165) is 0 Å². The quantitative estimate of drug-likeness (QED) is 0.682. The zero-order chi connectivity index (χ0) is 14.8. The largest absolute Gasteiger partial charge is 0.351 e. The monoisotopic (exact) mass is 303 g/mol. The van der Waals surface area contributed by atoms with Gasteiger partial charge in [0.05, 0.1) is 18.1 Å². The summed E-state index contributed by atoms with van der Waals surface area (Å²) in [6.07, 6.45) is 0.506. The number of carbonyl (C=O) groups is 2. The van der Waals surface area contributed by atoms with Crippen molar-refractivity contribution in [3.05, 3.63) is 0 Å². The van der Waals surface area contributed by atoms with Crippen LogP contribution in [-0.2, 0) is 19.4 Å². The van der Waals surface area contributed by atoms with E-state index in [0.29, 0.717) is 32.6 Å². The smallest absolute Gasteiger partial charge is 0.234 e. The number of hydrogen-bond donors (Lipinski definition) is 1. The molecule has 0 bridgehead atoms. The maximum absolute atomic E-state index is 11.9. The van der Waals surface area contributed by atoms with Gasteiger partial charge < -0.3 is 10.2 Å². The van der Waals surface area contributed by atoms with Crippen molar-refractivity contribution in [2.45, 2.75) is 19.4 Å². The van der Waals surface area contributed by atoms with Crippen LogP contribution in [0.25, 0.3) is 0 Å². The summed E-state index contributed by atoms with van der Waals surface area (Å²) < 4.78 is 22.6. The molecule has 1 unspecified atom stereocenters. The van der Waals surface area contributed by atoms with Gasteiger partial charge in [-0.05, 0) is 6.42 Å². The van der Waals surface area contributed by atoms with E-state index in [1.807, 2.05) is 4.90 Å². The van der Waals surface area contributed by atoms with Gasteiger partial charge >= 0.3 is 0 Å². The second-order valence-electron chi connectivity index (χ2n) is 5.45. The minimum atomic E-state index is -2.96. The molecule has 0 saturated carbocycles. The van der Waals surface area contributed by atoms with Crippen LogP contribution in [0.4, 0.5) is 0 Å². The Bertz CT molecular complexity index is 483. The first-order valence-corrected chi connectivity index (χ1v) is 8.65. The Hall–Kier alpha value is -1.15. The van der Waals surface area contributed by atoms with Crippen molar-refractivity contribution in [3.63, 3.8) is 0 Å². The minimum absolute atomic E-state index is 0.0524. The maximum atomic E-state index is 11.9. The lowest BCUT2D eigenvalue weighted by Crippen LogP contribution is -2.51. The predicted octanol–water partition coefficient (Wildman–Crippen LogP) is -1.55. The van der Waals surface area contributed by atoms with Crippen LogP contribution in [-0.4, -0.2) is 80.3 Å². The van der Waals surface area contributed by atoms with Crippen LogP contribution >= 0.6 is 0 Å². The summed E-state index contributed by atoms with van der Waals surface area (Å²) in [4.78, 5) is 26.8. The lowest BCUT2D eigenvalue weighted by atomic mass is 10.2. The van der Waals surface area contributed by atoms with Crippen molar-refractivity contribution in [2.24, 2.45) is 0 Å². The summed E-state index contributed by atoms with van der Waals surface area (Å²) in [5.74, 6) is 0.139. The van der Waals surface area contributed by atoms with Crippen LogP contribution < -0.4 is 5.32 Å². The lowest BCUT2D eigenvalue weighted by Gasteiger charge is -2.33. The molecule has 0 aromatic rings. The number of nitrogens with zero attached hydrogens (tertiary/aromatic N) is 2. The highest BCUT2D eigenvalue weighted by atomic mass is 32.2. The first kappa shape index (κ1) is 15.2. The highest BCUT2D eigenvalue weighted by molar-refractivity contribution is 7.91. The SMILES string of the molecule is CC(=O)N1CCN(CC(=O)NC2CCS(=O)(=O)C2)CC1. The van der Waals surface area contributed by atoms with Gasteiger partial charge in [-0.3, -0.25) is 14.5 Å². The zero-order valence-electron chi connectivity index (χ0n) is 11.7. The number of piperazine rings is 1. The fourth-order valence-electron chi connectivity index (χ4n) is 2.61. The Balaban J connectivity index is 1.72. The van der Waals surface area contributed by atoms with Gasteiger partial charge in [0.15, 0.2) is 9.84 Å². The molecule has 20 heavy (non-hydrogen) atoms. The van der Waals surface area contributed by atoms with Crippen molar-refractivity contribution in [2.75, 3.05) is 44.2 Å². The van der Waals surface area contributed by atoms with E-state index in [-0.39, 0.29) is 35.9 Å². The number of amides is 2. The summed E-state index contributed by atoms with van der Waals surface area (Å²) in [6.45, 7) is 4.44. The number of hydrogen-bond acceptors (Lipinski definition) is 5. The Kier molecular flexibility index (Phi) is 4.64. The van der Waals surface area contributed by atoms with Gasteiger partial charge in [0, 0.05) is 39.1 Å². The van der Waals surface area contributed by atoms with Crippen molar-refractivity contribution in [1.82, 2.24) is 15.1 Å². The van der Waals surface area contributed by atoms with Gasteiger partial charge in [-0.2, -0.15) is 0 Å². The number of nitrogens with one attached hydrogen (secondary N) is 1. The molecular weight excluding hydrogens is 282 g/mol. The molecule has 2 saturated heterocycles. The normalized spacial score (nSPS) is 26.4. The van der Waals surface area contributed by atoms with Gasteiger partial charge in [-0.15, -0.1) is 0 Å². The van der Waals surface area contributed by atoms with Crippen LogP contribution in [0.15, 0.2) is 0 Å². The minimum Gasteiger partial charge on any atom is -0.351 e. The van der Waals surface area contributed by atoms with Crippen molar-refractivity contribution in [1.29, 1.82) is 0 Å². The fraction of sp³-hybridized carbons (Fsp3) is 0.833. The fourth-order valence-corrected chi connectivity index (χ4v) is 4.28. The third-order valence-electron chi connectivity index (χ3n) is 3.78. The molecule has 8 heteroatoms. The van der Waals surface area contributed by atoms with Crippen molar-refractivity contribution < 1.29 is 18.0 Å². The molecule has 1 N–H and O–H groups in total. The van der Waals surface area contributed by atoms with Crippen LogP contribution in [0.2, 0.25) is 0 Å². The Morgan fingerprint density at radius 3 is 2.35 bits per heavy atom. The third-order valence-corrected chi connectivity index (χ3v) is 5.55. The molecule has 2 heterocycles. The molecule has 0 radical (unpaired) electrons. The Labute approximate surface area is 119 Å². The Morgan fingerprint density at radius 2 is 1.85 bits per heavy atom. The summed E-state index contributed by atoms with van der Waals surface area (Å²) in [6, 6.07) is -0.244. The predicted molar refractivity (Wildman–Crippen MR) is 73.9 cm³/mol. The number of rotatable bonds is 3. The highest BCUT2D eigenvalue weighted by Crippen LogP contribution is 2.11. The summed E-state index contributed by atoms with van der Waals surface area (Å²) in [5, 5.41) is 2.78. The molecule has 7 nitrogen and oxygen atoms in total. The van der Waals surface area contributed by atoms with Crippen molar-refractivity contribution >= 4 is 21.7 Å². The van der Waals surface area contributed by atoms with E-state index in [4.69, 9.17) is 0 Å². The number of carbonyl (C=O) groups excluding carboxylic acids is 2. The van der Waals surface area contributed by atoms with Crippen LogP contribution in [0.1, 0.15) is 13.3 Å². The van der Waals surface area contributed by atoms with Crippen LogP contribution in [0.5, 0.6) is 0 Å². The van der Waals surface area contributed by atoms with E-state index < -0.39 is 9.84 Å². The van der Waals surface area contributed by atoms with Gasteiger partial charge in [0.25, 0.3) is 0 Å². The van der Waals surface area contributed by atoms with E-state index >= 15 is 0 Å². The molecule has 114 valence electrons. The summed E-state index contributed by atoms with van der Waals surface area (Å²) in [5.41, 5.74) is 0. The van der Waals surface area contributed by atoms with E-state index in [2.05, 4.69) is 5.32 Å². The molecule has 0 spiro atoms. The second-order valence-corrected chi connectivity index (χ2v) is 7.68. The molecule has 2 amide bonds. The molecule has 0 aromatic carbocycles. The van der Waals surface area contributed by atoms with Gasteiger partial charge in [-0.1, -0.05) is 0 Å². The van der Waals surface area contributed by atoms with Crippen molar-refractivity contribution in [3.8, 4) is 0 Å². The van der Waals surface area contributed by atoms with E-state index in [1.165, 1.54) is 0 Å². The average molecular weight is 303 g/mol. The van der Waals surface area contributed by atoms with Gasteiger partial charge in [0.1, 0.15) is 0 Å². The Morgan fingerprint density at radius 1 is 1.20 bits per heavy atom. The van der Waals surface area contributed by atoms with Gasteiger partial charge in [0.2, 0.25) is 11.8 Å². The zero-order valence-corrected chi connectivity index (χ0v) is 12.5. The van der Waals surface area contributed by atoms with Crippen LogP contribution in [0.3, 0.4) is 0 Å². The van der Waals surface area contributed by atoms with E-state index in [9.17, 15) is 18.0 Å². The molecule has 2 rings (SSSR count). The highest BCUT2D eigenvalue weighted by Gasteiger charge is 2.29. The molecule has 0 aliphatic carbocycles. The third kappa shape index (κ3) is 4.17. The molecular formula is C12H21N3O4S. The molecule has 2 fully saturated rings. The molecule has 0 aromatic heterocycles. The lowest BCUT2D eigenvalue weighted by molar-refractivity contribution is -0.131. The summed E-state index contributed by atoms with van der Waals surface area (Å²) in [7, 11) is -2.96. The van der Waals surface area contributed by atoms with Crippen LogP contribution in [0, 0.1) is 0 Å². The molecule has 1 atom stereocenters. The maximum Gasteiger partial charge on any atom is 0.234 e. The summed E-state index contributed by atoms with van der Waals surface area (Å²) >= 11 is 0. The van der Waals surface area contributed by atoms with E-state index in [1.54, 1.807) is 11.8 Å². The first-order valence-electron chi connectivity index (χ1n) is 6.83. The second kappa shape index (κ2) is 6.09. The number of sulfone groups is 1. The molecule has 2 aliphatic heterocycles. The standard InChI is InChI=1S/C12H21N3O4S/c1-10(16)15-5-3-14(4-6-15)8-12(17)13-11-2-7-20(18,19)9-11/h11H,2-9H2,1H3,(H,13,17). The molecule has 2 aliphatic rings. The van der Waals surface area contributed by atoms with Gasteiger partial charge in [-0.25, -0.2) is 8.42 Å². The average Bonchev–Trinajstić information content (AvgIpc) is 2.69. The topological polar surface area (TPSA) is 86.8 Å².